The number of rotatable bonds is 6. The van der Waals surface area contributed by atoms with Gasteiger partial charge in [0, 0.05) is 22.1 Å². The fourth-order valence-corrected chi connectivity index (χ4v) is 5.59. The maximum Gasteiger partial charge on any atom is 0.227 e. The molecule has 0 unspecified atom stereocenters. The Balaban J connectivity index is 1.17. The SMILES string of the molecule is O=C(CSc1ccc(NC(=O)C2CCCCC2)cc1)c1ccc2c(c1)Cc1ccccc1-2. The maximum absolute atomic E-state index is 12.8. The smallest absolute Gasteiger partial charge is 0.227 e. The number of ketones is 1. The van der Waals surface area contributed by atoms with Gasteiger partial charge in [-0.05, 0) is 71.8 Å². The van der Waals surface area contributed by atoms with Crippen LogP contribution in [0, 0.1) is 5.92 Å². The van der Waals surface area contributed by atoms with Crippen molar-refractivity contribution in [2.75, 3.05) is 11.1 Å². The minimum absolute atomic E-state index is 0.138. The number of anilines is 1. The van der Waals surface area contributed by atoms with Crippen LogP contribution in [0.5, 0.6) is 0 Å². The van der Waals surface area contributed by atoms with E-state index >= 15 is 0 Å². The highest BCUT2D eigenvalue weighted by Gasteiger charge is 2.21. The molecule has 0 atom stereocenters. The number of fused-ring (bicyclic) bond motifs is 3. The average Bonchev–Trinajstić information content (AvgIpc) is 3.22. The van der Waals surface area contributed by atoms with Crippen molar-refractivity contribution in [1.82, 2.24) is 0 Å². The van der Waals surface area contributed by atoms with Crippen molar-refractivity contribution in [2.24, 2.45) is 5.92 Å². The highest BCUT2D eigenvalue weighted by atomic mass is 32.2. The van der Waals surface area contributed by atoms with E-state index in [9.17, 15) is 9.59 Å². The molecule has 2 aliphatic rings. The van der Waals surface area contributed by atoms with Crippen molar-refractivity contribution in [1.29, 1.82) is 0 Å². The highest BCUT2D eigenvalue weighted by Crippen LogP contribution is 2.37. The molecule has 0 aliphatic heterocycles. The van der Waals surface area contributed by atoms with E-state index in [2.05, 4.69) is 41.7 Å². The Morgan fingerprint density at radius 3 is 2.41 bits per heavy atom. The molecule has 0 aromatic heterocycles. The third kappa shape index (κ3) is 4.51. The number of carbonyl (C=O) groups is 2. The van der Waals surface area contributed by atoms with Crippen molar-refractivity contribution in [2.45, 2.75) is 43.4 Å². The van der Waals surface area contributed by atoms with Gasteiger partial charge in [-0.1, -0.05) is 55.7 Å². The van der Waals surface area contributed by atoms with Crippen molar-refractivity contribution < 1.29 is 9.59 Å². The molecule has 0 heterocycles. The van der Waals surface area contributed by atoms with Crippen LogP contribution in [0.1, 0.15) is 53.6 Å². The molecule has 1 N–H and O–H groups in total. The van der Waals surface area contributed by atoms with Gasteiger partial charge >= 0.3 is 0 Å². The number of hydrogen-bond acceptors (Lipinski definition) is 3. The van der Waals surface area contributed by atoms with Crippen molar-refractivity contribution in [3.8, 4) is 11.1 Å². The first-order chi connectivity index (χ1) is 15.7. The molecule has 3 nitrogen and oxygen atoms in total. The first-order valence-corrected chi connectivity index (χ1v) is 12.4. The Kier molecular flexibility index (Phi) is 6.13. The maximum atomic E-state index is 12.8. The molecule has 162 valence electrons. The quantitative estimate of drug-likeness (QED) is 0.266. The lowest BCUT2D eigenvalue weighted by Crippen LogP contribution is -2.24. The number of Topliss-reactive ketones (excluding diaryl/α,β-unsaturated/α-hetero) is 1. The van der Waals surface area contributed by atoms with Crippen LogP contribution >= 0.6 is 11.8 Å². The van der Waals surface area contributed by atoms with Gasteiger partial charge in [0.05, 0.1) is 5.75 Å². The Morgan fingerprint density at radius 2 is 1.59 bits per heavy atom. The van der Waals surface area contributed by atoms with Crippen molar-refractivity contribution in [3.05, 3.63) is 83.4 Å². The topological polar surface area (TPSA) is 46.2 Å². The van der Waals surface area contributed by atoms with Gasteiger partial charge < -0.3 is 5.32 Å². The van der Waals surface area contributed by atoms with E-state index in [1.807, 2.05) is 30.3 Å². The summed E-state index contributed by atoms with van der Waals surface area (Å²) in [5, 5.41) is 3.05. The second-order valence-corrected chi connectivity index (χ2v) is 9.82. The van der Waals surface area contributed by atoms with Gasteiger partial charge in [0.15, 0.2) is 5.78 Å². The van der Waals surface area contributed by atoms with Crippen LogP contribution in [0.4, 0.5) is 5.69 Å². The van der Waals surface area contributed by atoms with Crippen LogP contribution in [-0.2, 0) is 11.2 Å². The Bertz CT molecular complexity index is 1150. The average molecular weight is 442 g/mol. The van der Waals surface area contributed by atoms with Crippen LogP contribution in [0.25, 0.3) is 11.1 Å². The summed E-state index contributed by atoms with van der Waals surface area (Å²) in [5.41, 5.74) is 6.70. The standard InChI is InChI=1S/C28H27NO2S/c30-27(21-10-15-26-22(17-21)16-20-8-4-5-9-25(20)26)18-32-24-13-11-23(12-14-24)29-28(31)19-6-2-1-3-7-19/h4-5,8-15,17,19H,1-3,6-7,16,18H2,(H,29,31). The van der Waals surface area contributed by atoms with E-state index in [0.717, 1.165) is 48.3 Å². The molecule has 1 saturated carbocycles. The fraction of sp³-hybridized carbons (Fsp3) is 0.286. The summed E-state index contributed by atoms with van der Waals surface area (Å²) in [6.07, 6.45) is 6.44. The van der Waals surface area contributed by atoms with E-state index in [-0.39, 0.29) is 17.6 Å². The van der Waals surface area contributed by atoms with Gasteiger partial charge in [0.25, 0.3) is 0 Å². The number of hydrogen-bond donors (Lipinski definition) is 1. The van der Waals surface area contributed by atoms with Crippen LogP contribution in [0.2, 0.25) is 0 Å². The summed E-state index contributed by atoms with van der Waals surface area (Å²) >= 11 is 1.54. The number of nitrogens with one attached hydrogen (secondary N) is 1. The lowest BCUT2D eigenvalue weighted by atomic mass is 9.88. The van der Waals surface area contributed by atoms with Gasteiger partial charge in [-0.2, -0.15) is 0 Å². The predicted octanol–water partition coefficient (Wildman–Crippen LogP) is 6.75. The lowest BCUT2D eigenvalue weighted by molar-refractivity contribution is -0.120. The summed E-state index contributed by atoms with van der Waals surface area (Å²) in [5.74, 6) is 0.831. The molecular weight excluding hydrogens is 414 g/mol. The first kappa shape index (κ1) is 21.0. The molecule has 4 heteroatoms. The molecule has 0 saturated heterocycles. The number of benzene rings is 3. The molecule has 0 bridgehead atoms. The van der Waals surface area contributed by atoms with Gasteiger partial charge in [0.1, 0.15) is 0 Å². The Hall–Kier alpha value is -2.85. The number of amides is 1. The normalized spacial score (nSPS) is 15.1. The lowest BCUT2D eigenvalue weighted by Gasteiger charge is -2.20. The summed E-state index contributed by atoms with van der Waals surface area (Å²) in [6, 6.07) is 22.4. The van der Waals surface area contributed by atoms with E-state index in [4.69, 9.17) is 0 Å². The monoisotopic (exact) mass is 441 g/mol. The van der Waals surface area contributed by atoms with Gasteiger partial charge in [-0.3, -0.25) is 9.59 Å². The first-order valence-electron chi connectivity index (χ1n) is 11.5. The van der Waals surface area contributed by atoms with E-state index in [1.54, 1.807) is 0 Å². The zero-order valence-corrected chi connectivity index (χ0v) is 18.9. The van der Waals surface area contributed by atoms with E-state index in [0.29, 0.717) is 5.75 Å². The Morgan fingerprint density at radius 1 is 0.844 bits per heavy atom. The molecule has 0 radical (unpaired) electrons. The molecular formula is C28H27NO2S. The fourth-order valence-electron chi connectivity index (χ4n) is 4.79. The summed E-state index contributed by atoms with van der Waals surface area (Å²) < 4.78 is 0. The van der Waals surface area contributed by atoms with Gasteiger partial charge in [0.2, 0.25) is 5.91 Å². The van der Waals surface area contributed by atoms with Gasteiger partial charge in [-0.25, -0.2) is 0 Å². The third-order valence-corrected chi connectivity index (χ3v) is 7.60. The van der Waals surface area contributed by atoms with Crippen LogP contribution < -0.4 is 5.32 Å². The number of carbonyl (C=O) groups excluding carboxylic acids is 2. The van der Waals surface area contributed by atoms with E-state index in [1.165, 1.54) is 40.4 Å². The number of thioether (sulfide) groups is 1. The van der Waals surface area contributed by atoms with Crippen molar-refractivity contribution in [3.63, 3.8) is 0 Å². The van der Waals surface area contributed by atoms with Gasteiger partial charge in [-0.15, -0.1) is 11.8 Å². The van der Waals surface area contributed by atoms with E-state index < -0.39 is 0 Å². The molecule has 1 fully saturated rings. The van der Waals surface area contributed by atoms with Crippen LogP contribution in [-0.4, -0.2) is 17.4 Å². The van der Waals surface area contributed by atoms with Crippen molar-refractivity contribution >= 4 is 29.1 Å². The second-order valence-electron chi connectivity index (χ2n) is 8.77. The molecule has 5 rings (SSSR count). The second kappa shape index (κ2) is 9.33. The zero-order chi connectivity index (χ0) is 21.9. The molecule has 3 aromatic carbocycles. The molecule has 2 aliphatic carbocycles. The summed E-state index contributed by atoms with van der Waals surface area (Å²) in [6.45, 7) is 0. The summed E-state index contributed by atoms with van der Waals surface area (Å²) in [7, 11) is 0. The largest absolute Gasteiger partial charge is 0.326 e. The van der Waals surface area contributed by atoms with Crippen LogP contribution in [0.3, 0.4) is 0 Å². The highest BCUT2D eigenvalue weighted by molar-refractivity contribution is 8.00. The molecule has 0 spiro atoms. The summed E-state index contributed by atoms with van der Waals surface area (Å²) in [4.78, 5) is 26.2. The molecule has 1 amide bonds. The molecule has 32 heavy (non-hydrogen) atoms. The van der Waals surface area contributed by atoms with Crippen LogP contribution in [0.15, 0.2) is 71.6 Å². The zero-order valence-electron chi connectivity index (χ0n) is 18.1. The third-order valence-electron chi connectivity index (χ3n) is 6.58. The predicted molar refractivity (Wildman–Crippen MR) is 131 cm³/mol. The molecule has 3 aromatic rings. The Labute approximate surface area is 193 Å². The minimum Gasteiger partial charge on any atom is -0.326 e. The minimum atomic E-state index is 0.138.